The van der Waals surface area contributed by atoms with Crippen molar-refractivity contribution in [2.45, 2.75) is 44.6 Å². The lowest BCUT2D eigenvalue weighted by atomic mass is 9.65. The standard InChI is InChI=1S/C20H30N2O3/c23-18(17-7-11-25-12-8-17)14-21-19(24)22-15-20(9-4-10-20)13-16-5-2-1-3-6-16/h1-3,5-6,17-18,23H,4,7-15H2,(H2,21,22,24). The Balaban J connectivity index is 1.40. The molecule has 2 aliphatic rings. The van der Waals surface area contributed by atoms with Crippen molar-refractivity contribution in [1.29, 1.82) is 0 Å². The maximum Gasteiger partial charge on any atom is 0.314 e. The van der Waals surface area contributed by atoms with Crippen molar-refractivity contribution in [3.63, 3.8) is 0 Å². The van der Waals surface area contributed by atoms with Gasteiger partial charge in [0.05, 0.1) is 6.10 Å². The summed E-state index contributed by atoms with van der Waals surface area (Å²) in [5.41, 5.74) is 1.53. The van der Waals surface area contributed by atoms with Crippen LogP contribution < -0.4 is 10.6 Å². The number of carbonyl (C=O) groups is 1. The number of aliphatic hydroxyl groups is 1. The lowest BCUT2D eigenvalue weighted by Crippen LogP contribution is -2.48. The Hall–Kier alpha value is -1.59. The van der Waals surface area contributed by atoms with Crippen molar-refractivity contribution in [2.75, 3.05) is 26.3 Å². The fraction of sp³-hybridized carbons (Fsp3) is 0.650. The van der Waals surface area contributed by atoms with Gasteiger partial charge in [-0.15, -0.1) is 0 Å². The molecule has 1 heterocycles. The molecule has 1 atom stereocenters. The fourth-order valence-electron chi connectivity index (χ4n) is 3.92. The van der Waals surface area contributed by atoms with Crippen LogP contribution in [0.5, 0.6) is 0 Å². The van der Waals surface area contributed by atoms with Crippen molar-refractivity contribution in [2.24, 2.45) is 11.3 Å². The van der Waals surface area contributed by atoms with Gasteiger partial charge in [0.1, 0.15) is 0 Å². The molecule has 1 aliphatic heterocycles. The Bertz CT molecular complexity index is 539. The number of ether oxygens (including phenoxy) is 1. The molecule has 2 fully saturated rings. The van der Waals surface area contributed by atoms with Gasteiger partial charge >= 0.3 is 6.03 Å². The zero-order valence-corrected chi connectivity index (χ0v) is 14.9. The maximum atomic E-state index is 12.1. The number of hydrogen-bond donors (Lipinski definition) is 3. The van der Waals surface area contributed by atoms with Crippen molar-refractivity contribution in [3.8, 4) is 0 Å². The van der Waals surface area contributed by atoms with E-state index in [1.165, 1.54) is 12.0 Å². The highest BCUT2D eigenvalue weighted by molar-refractivity contribution is 5.73. The van der Waals surface area contributed by atoms with Gasteiger partial charge in [0.2, 0.25) is 0 Å². The summed E-state index contributed by atoms with van der Waals surface area (Å²) >= 11 is 0. The number of benzene rings is 1. The Kier molecular flexibility index (Phi) is 6.32. The van der Waals surface area contributed by atoms with Crippen LogP contribution in [0.25, 0.3) is 0 Å². The molecule has 5 nitrogen and oxygen atoms in total. The summed E-state index contributed by atoms with van der Waals surface area (Å²) in [6.07, 6.45) is 5.81. The minimum atomic E-state index is -0.489. The molecule has 5 heteroatoms. The molecule has 0 radical (unpaired) electrons. The Labute approximate surface area is 150 Å². The third-order valence-electron chi connectivity index (χ3n) is 5.74. The molecule has 1 aliphatic carbocycles. The molecule has 0 bridgehead atoms. The molecule has 2 amide bonds. The van der Waals surface area contributed by atoms with Crippen molar-refractivity contribution in [1.82, 2.24) is 10.6 Å². The molecule has 138 valence electrons. The van der Waals surface area contributed by atoms with Gasteiger partial charge in [-0.3, -0.25) is 0 Å². The summed E-state index contributed by atoms with van der Waals surface area (Å²) in [6, 6.07) is 10.3. The average molecular weight is 346 g/mol. The van der Waals surface area contributed by atoms with Gasteiger partial charge in [-0.25, -0.2) is 4.79 Å². The van der Waals surface area contributed by atoms with E-state index in [1.54, 1.807) is 0 Å². The number of aliphatic hydroxyl groups excluding tert-OH is 1. The van der Waals surface area contributed by atoms with Gasteiger partial charge in [0, 0.05) is 26.3 Å². The zero-order valence-electron chi connectivity index (χ0n) is 14.9. The molecular weight excluding hydrogens is 316 g/mol. The van der Waals surface area contributed by atoms with Crippen LogP contribution in [0.2, 0.25) is 0 Å². The summed E-state index contributed by atoms with van der Waals surface area (Å²) in [4.78, 5) is 12.1. The van der Waals surface area contributed by atoms with E-state index in [0.29, 0.717) is 26.3 Å². The average Bonchev–Trinajstić information content (AvgIpc) is 2.63. The summed E-state index contributed by atoms with van der Waals surface area (Å²) < 4.78 is 5.31. The molecule has 3 rings (SSSR count). The van der Waals surface area contributed by atoms with Crippen molar-refractivity contribution < 1.29 is 14.6 Å². The number of carbonyl (C=O) groups excluding carboxylic acids is 1. The zero-order chi connectivity index (χ0) is 17.5. The topological polar surface area (TPSA) is 70.6 Å². The third kappa shape index (κ3) is 5.19. The van der Waals surface area contributed by atoms with Gasteiger partial charge in [-0.1, -0.05) is 36.8 Å². The predicted molar refractivity (Wildman–Crippen MR) is 97.4 cm³/mol. The number of hydrogen-bond acceptors (Lipinski definition) is 3. The second-order valence-corrected chi connectivity index (χ2v) is 7.60. The molecular formula is C20H30N2O3. The summed E-state index contributed by atoms with van der Waals surface area (Å²) in [5.74, 6) is 0.227. The first-order chi connectivity index (χ1) is 12.2. The predicted octanol–water partition coefficient (Wildman–Crippen LogP) is 2.49. The van der Waals surface area contributed by atoms with E-state index in [2.05, 4.69) is 34.9 Å². The van der Waals surface area contributed by atoms with Crippen molar-refractivity contribution >= 4 is 6.03 Å². The first kappa shape index (κ1) is 18.2. The van der Waals surface area contributed by atoms with Gasteiger partial charge in [-0.2, -0.15) is 0 Å². The smallest absolute Gasteiger partial charge is 0.314 e. The Morgan fingerprint density at radius 2 is 1.92 bits per heavy atom. The highest BCUT2D eigenvalue weighted by Gasteiger charge is 2.37. The van der Waals surface area contributed by atoms with E-state index >= 15 is 0 Å². The van der Waals surface area contributed by atoms with Crippen LogP contribution in [-0.4, -0.2) is 43.5 Å². The molecule has 1 aromatic carbocycles. The third-order valence-corrected chi connectivity index (χ3v) is 5.74. The molecule has 1 saturated carbocycles. The molecule has 1 unspecified atom stereocenters. The van der Waals surface area contributed by atoms with Crippen LogP contribution in [0, 0.1) is 11.3 Å². The minimum Gasteiger partial charge on any atom is -0.391 e. The molecule has 0 aromatic heterocycles. The minimum absolute atomic E-state index is 0.176. The first-order valence-corrected chi connectivity index (χ1v) is 9.48. The fourth-order valence-corrected chi connectivity index (χ4v) is 3.92. The second kappa shape index (κ2) is 8.68. The summed E-state index contributed by atoms with van der Waals surface area (Å²) in [6.45, 7) is 2.41. The molecule has 3 N–H and O–H groups in total. The molecule has 0 spiro atoms. The molecule has 1 aromatic rings. The largest absolute Gasteiger partial charge is 0.391 e. The Morgan fingerprint density at radius 1 is 1.20 bits per heavy atom. The van der Waals surface area contributed by atoms with Crippen LogP contribution >= 0.6 is 0 Å². The van der Waals surface area contributed by atoms with E-state index < -0.39 is 6.10 Å². The quantitative estimate of drug-likeness (QED) is 0.710. The summed E-state index contributed by atoms with van der Waals surface area (Å²) in [5, 5.41) is 16.0. The first-order valence-electron chi connectivity index (χ1n) is 9.48. The number of amides is 2. The van der Waals surface area contributed by atoms with Gasteiger partial charge in [0.15, 0.2) is 0 Å². The Morgan fingerprint density at radius 3 is 2.56 bits per heavy atom. The van der Waals surface area contributed by atoms with Crippen LogP contribution in [0.1, 0.15) is 37.7 Å². The van der Waals surface area contributed by atoms with Gasteiger partial charge < -0.3 is 20.5 Å². The van der Waals surface area contributed by atoms with E-state index in [9.17, 15) is 9.90 Å². The number of urea groups is 1. The number of nitrogens with one attached hydrogen (secondary N) is 2. The lowest BCUT2D eigenvalue weighted by molar-refractivity contribution is 0.00944. The lowest BCUT2D eigenvalue weighted by Gasteiger charge is -2.42. The van der Waals surface area contributed by atoms with Crippen LogP contribution in [0.15, 0.2) is 30.3 Å². The van der Waals surface area contributed by atoms with Crippen LogP contribution in [0.3, 0.4) is 0 Å². The summed E-state index contributed by atoms with van der Waals surface area (Å²) in [7, 11) is 0. The molecule has 1 saturated heterocycles. The van der Waals surface area contributed by atoms with E-state index in [1.807, 2.05) is 6.07 Å². The second-order valence-electron chi connectivity index (χ2n) is 7.60. The van der Waals surface area contributed by atoms with E-state index in [-0.39, 0.29) is 17.4 Å². The van der Waals surface area contributed by atoms with E-state index in [0.717, 1.165) is 32.1 Å². The normalized spacial score (nSPS) is 21.2. The monoisotopic (exact) mass is 346 g/mol. The van der Waals surface area contributed by atoms with Crippen LogP contribution in [-0.2, 0) is 11.2 Å². The van der Waals surface area contributed by atoms with Crippen molar-refractivity contribution in [3.05, 3.63) is 35.9 Å². The maximum absolute atomic E-state index is 12.1. The molecule has 25 heavy (non-hydrogen) atoms. The van der Waals surface area contributed by atoms with Gasteiger partial charge in [0.25, 0.3) is 0 Å². The van der Waals surface area contributed by atoms with Gasteiger partial charge in [-0.05, 0) is 49.0 Å². The highest BCUT2D eigenvalue weighted by atomic mass is 16.5. The van der Waals surface area contributed by atoms with E-state index in [4.69, 9.17) is 4.74 Å². The number of rotatable bonds is 7. The SMILES string of the molecule is O=C(NCC(O)C1CCOCC1)NCC1(Cc2ccccc2)CCC1. The highest BCUT2D eigenvalue weighted by Crippen LogP contribution is 2.43. The van der Waals surface area contributed by atoms with Crippen LogP contribution in [0.4, 0.5) is 4.79 Å².